The Hall–Kier alpha value is -0.120. The SMILES string of the molecule is CN1CCC(CN(C)[C@H]2CCCC[C@@H]2O)C1. The average Bonchev–Trinajstić information content (AvgIpc) is 2.64. The quantitative estimate of drug-likeness (QED) is 0.782. The summed E-state index contributed by atoms with van der Waals surface area (Å²) >= 11 is 0. The standard InChI is InChI=1S/C13H26N2O/c1-14-8-7-11(9-14)10-15(2)12-5-3-4-6-13(12)16/h11-13,16H,3-10H2,1-2H3/t11?,12-,13-/m0/s1. The molecule has 0 aromatic carbocycles. The molecule has 3 atom stereocenters. The van der Waals surface area contributed by atoms with E-state index in [4.69, 9.17) is 0 Å². The van der Waals surface area contributed by atoms with Gasteiger partial charge < -0.3 is 14.9 Å². The number of likely N-dealkylation sites (N-methyl/N-ethyl adjacent to an activating group) is 1. The first-order valence-electron chi connectivity index (χ1n) is 6.73. The van der Waals surface area contributed by atoms with Gasteiger partial charge >= 0.3 is 0 Å². The average molecular weight is 226 g/mol. The molecule has 1 N–H and O–H groups in total. The lowest BCUT2D eigenvalue weighted by Gasteiger charge is -2.36. The van der Waals surface area contributed by atoms with Crippen LogP contribution >= 0.6 is 0 Å². The van der Waals surface area contributed by atoms with Crippen LogP contribution in [0.2, 0.25) is 0 Å². The molecule has 0 amide bonds. The van der Waals surface area contributed by atoms with Gasteiger partial charge in [0.1, 0.15) is 0 Å². The monoisotopic (exact) mass is 226 g/mol. The van der Waals surface area contributed by atoms with Gasteiger partial charge in [-0.3, -0.25) is 0 Å². The molecule has 0 radical (unpaired) electrons. The first-order valence-corrected chi connectivity index (χ1v) is 6.73. The molecule has 0 aromatic heterocycles. The molecule has 0 spiro atoms. The van der Waals surface area contributed by atoms with Crippen molar-refractivity contribution >= 4 is 0 Å². The van der Waals surface area contributed by atoms with E-state index in [1.807, 2.05) is 0 Å². The normalized spacial score (nSPS) is 37.1. The molecule has 3 heteroatoms. The van der Waals surface area contributed by atoms with E-state index in [0.717, 1.165) is 18.9 Å². The van der Waals surface area contributed by atoms with Crippen LogP contribution in [0.4, 0.5) is 0 Å². The van der Waals surface area contributed by atoms with Crippen LogP contribution in [-0.2, 0) is 0 Å². The van der Waals surface area contributed by atoms with Crippen molar-refractivity contribution in [2.45, 2.75) is 44.2 Å². The van der Waals surface area contributed by atoms with E-state index in [9.17, 15) is 5.11 Å². The lowest BCUT2D eigenvalue weighted by atomic mass is 9.91. The summed E-state index contributed by atoms with van der Waals surface area (Å²) in [5, 5.41) is 10.0. The fraction of sp³-hybridized carbons (Fsp3) is 1.00. The minimum Gasteiger partial charge on any atom is -0.391 e. The van der Waals surface area contributed by atoms with E-state index in [2.05, 4.69) is 23.9 Å². The van der Waals surface area contributed by atoms with Crippen LogP contribution in [0.25, 0.3) is 0 Å². The summed E-state index contributed by atoms with van der Waals surface area (Å²) in [6.07, 6.45) is 5.91. The first-order chi connectivity index (χ1) is 7.66. The van der Waals surface area contributed by atoms with Crippen LogP contribution in [0, 0.1) is 5.92 Å². The van der Waals surface area contributed by atoms with Gasteiger partial charge in [-0.25, -0.2) is 0 Å². The lowest BCUT2D eigenvalue weighted by Crippen LogP contribution is -2.45. The van der Waals surface area contributed by atoms with Gasteiger partial charge in [0.25, 0.3) is 0 Å². The first kappa shape index (κ1) is 12.3. The molecule has 1 unspecified atom stereocenters. The van der Waals surface area contributed by atoms with Crippen molar-refractivity contribution in [1.82, 2.24) is 9.80 Å². The highest BCUT2D eigenvalue weighted by Crippen LogP contribution is 2.24. The molecule has 2 fully saturated rings. The Morgan fingerprint density at radius 2 is 2.00 bits per heavy atom. The van der Waals surface area contributed by atoms with E-state index in [1.165, 1.54) is 38.8 Å². The zero-order chi connectivity index (χ0) is 11.5. The minimum atomic E-state index is -0.0853. The number of aliphatic hydroxyl groups excluding tert-OH is 1. The van der Waals surface area contributed by atoms with Crippen molar-refractivity contribution < 1.29 is 5.11 Å². The maximum absolute atomic E-state index is 10.0. The number of nitrogens with zero attached hydrogens (tertiary/aromatic N) is 2. The molecule has 0 bridgehead atoms. The van der Waals surface area contributed by atoms with E-state index in [-0.39, 0.29) is 6.10 Å². The molecule has 16 heavy (non-hydrogen) atoms. The summed E-state index contributed by atoms with van der Waals surface area (Å²) in [5.74, 6) is 0.809. The van der Waals surface area contributed by atoms with Crippen molar-refractivity contribution in [3.8, 4) is 0 Å². The summed E-state index contributed by atoms with van der Waals surface area (Å²) in [4.78, 5) is 4.82. The van der Waals surface area contributed by atoms with Crippen LogP contribution in [0.1, 0.15) is 32.1 Å². The van der Waals surface area contributed by atoms with E-state index >= 15 is 0 Å². The molecule has 1 heterocycles. The summed E-state index contributed by atoms with van der Waals surface area (Å²) in [7, 11) is 4.40. The third-order valence-electron chi connectivity index (χ3n) is 4.30. The molecule has 1 saturated carbocycles. The lowest BCUT2D eigenvalue weighted by molar-refractivity contribution is 0.0263. The molecule has 2 rings (SSSR count). The van der Waals surface area contributed by atoms with Gasteiger partial charge in [-0.1, -0.05) is 12.8 Å². The molecule has 94 valence electrons. The summed E-state index contributed by atoms with van der Waals surface area (Å²) in [6.45, 7) is 3.63. The Morgan fingerprint density at radius 1 is 1.25 bits per heavy atom. The molecular formula is C13H26N2O. The molecule has 3 nitrogen and oxygen atoms in total. The van der Waals surface area contributed by atoms with Gasteiger partial charge in [-0.05, 0) is 45.8 Å². The molecule has 0 aromatic rings. The number of hydrogen-bond donors (Lipinski definition) is 1. The van der Waals surface area contributed by atoms with Crippen molar-refractivity contribution in [3.05, 3.63) is 0 Å². The highest BCUT2D eigenvalue weighted by Gasteiger charge is 2.29. The molecule has 1 aliphatic heterocycles. The number of likely N-dealkylation sites (tertiary alicyclic amines) is 1. The predicted octanol–water partition coefficient (Wildman–Crippen LogP) is 1.17. The molecule has 1 aliphatic carbocycles. The van der Waals surface area contributed by atoms with E-state index < -0.39 is 0 Å². The third kappa shape index (κ3) is 2.96. The minimum absolute atomic E-state index is 0.0853. The van der Waals surface area contributed by atoms with Gasteiger partial charge in [0.15, 0.2) is 0 Å². The van der Waals surface area contributed by atoms with E-state index in [1.54, 1.807) is 0 Å². The van der Waals surface area contributed by atoms with Gasteiger partial charge in [-0.15, -0.1) is 0 Å². The van der Waals surface area contributed by atoms with Crippen LogP contribution < -0.4 is 0 Å². The number of aliphatic hydroxyl groups is 1. The van der Waals surface area contributed by atoms with Crippen LogP contribution in [0.3, 0.4) is 0 Å². The second-order valence-electron chi connectivity index (χ2n) is 5.78. The molecule has 2 aliphatic rings. The van der Waals surface area contributed by atoms with Gasteiger partial charge in [0.05, 0.1) is 6.10 Å². The Bertz CT molecular complexity index is 222. The van der Waals surface area contributed by atoms with Crippen LogP contribution in [0.15, 0.2) is 0 Å². The maximum atomic E-state index is 10.0. The van der Waals surface area contributed by atoms with Gasteiger partial charge in [0, 0.05) is 19.1 Å². The summed E-state index contributed by atoms with van der Waals surface area (Å²) in [6, 6.07) is 0.416. The second-order valence-corrected chi connectivity index (χ2v) is 5.78. The number of hydrogen-bond acceptors (Lipinski definition) is 3. The maximum Gasteiger partial charge on any atom is 0.0695 e. The summed E-state index contributed by atoms with van der Waals surface area (Å²) < 4.78 is 0. The van der Waals surface area contributed by atoms with Crippen molar-refractivity contribution in [1.29, 1.82) is 0 Å². The Balaban J connectivity index is 1.80. The summed E-state index contributed by atoms with van der Waals surface area (Å²) in [5.41, 5.74) is 0. The van der Waals surface area contributed by atoms with Crippen molar-refractivity contribution in [2.24, 2.45) is 5.92 Å². The molecular weight excluding hydrogens is 200 g/mol. The number of rotatable bonds is 3. The van der Waals surface area contributed by atoms with Crippen molar-refractivity contribution in [2.75, 3.05) is 33.7 Å². The smallest absolute Gasteiger partial charge is 0.0695 e. The molecule has 1 saturated heterocycles. The largest absolute Gasteiger partial charge is 0.391 e. The Labute approximate surface area is 99.4 Å². The Morgan fingerprint density at radius 3 is 2.62 bits per heavy atom. The highest BCUT2D eigenvalue weighted by molar-refractivity contribution is 4.84. The fourth-order valence-electron chi connectivity index (χ4n) is 3.32. The topological polar surface area (TPSA) is 26.7 Å². The van der Waals surface area contributed by atoms with Crippen molar-refractivity contribution in [3.63, 3.8) is 0 Å². The van der Waals surface area contributed by atoms with Gasteiger partial charge in [-0.2, -0.15) is 0 Å². The Kier molecular flexibility index (Phi) is 4.22. The van der Waals surface area contributed by atoms with Crippen LogP contribution in [0.5, 0.6) is 0 Å². The zero-order valence-electron chi connectivity index (χ0n) is 10.7. The third-order valence-corrected chi connectivity index (χ3v) is 4.30. The van der Waals surface area contributed by atoms with Gasteiger partial charge in [0.2, 0.25) is 0 Å². The fourth-order valence-corrected chi connectivity index (χ4v) is 3.32. The van der Waals surface area contributed by atoms with Crippen LogP contribution in [-0.4, -0.2) is 60.8 Å². The predicted molar refractivity (Wildman–Crippen MR) is 66.5 cm³/mol. The highest BCUT2D eigenvalue weighted by atomic mass is 16.3. The second kappa shape index (κ2) is 5.48. The zero-order valence-corrected chi connectivity index (χ0v) is 10.7. The van der Waals surface area contributed by atoms with E-state index in [0.29, 0.717) is 6.04 Å².